The summed E-state index contributed by atoms with van der Waals surface area (Å²) in [6, 6.07) is 0. The Kier molecular flexibility index (Phi) is 20.0. The van der Waals surface area contributed by atoms with Crippen molar-refractivity contribution in [3.05, 3.63) is 48.6 Å². The van der Waals surface area contributed by atoms with E-state index in [4.69, 9.17) is 10.2 Å². The van der Waals surface area contributed by atoms with Crippen LogP contribution < -0.4 is 10.2 Å². The van der Waals surface area contributed by atoms with E-state index in [1.807, 2.05) is 0 Å². The van der Waals surface area contributed by atoms with Crippen LogP contribution in [0.3, 0.4) is 0 Å². The molecule has 0 aliphatic heterocycles. The number of imidazole rings is 2. The Morgan fingerprint density at radius 1 is 0.939 bits per heavy atom. The SMILES string of the molecule is CCCCCCCC(O)C(=O)O.O=C([O-])C=Cc1c[nH]cn1.O=C([O-])C=Cc1c[nH]cn1.[Se+2]. The molecule has 0 fully saturated rings. The molecule has 33 heavy (non-hydrogen) atoms. The second-order valence-electron chi connectivity index (χ2n) is 6.35. The number of aliphatic hydroxyl groups is 1. The van der Waals surface area contributed by atoms with Crippen LogP contribution in [0.15, 0.2) is 37.2 Å². The van der Waals surface area contributed by atoms with Gasteiger partial charge in [-0.2, -0.15) is 0 Å². The average Bonchev–Trinajstić information content (AvgIpc) is 3.45. The van der Waals surface area contributed by atoms with Gasteiger partial charge >= 0.3 is 23.0 Å². The van der Waals surface area contributed by atoms with Crippen LogP contribution >= 0.6 is 0 Å². The van der Waals surface area contributed by atoms with E-state index in [0.717, 1.165) is 31.4 Å². The first-order valence-electron chi connectivity index (χ1n) is 9.92. The third-order valence-corrected chi connectivity index (χ3v) is 3.69. The Bertz CT molecular complexity index is 768. The van der Waals surface area contributed by atoms with Crippen molar-refractivity contribution in [1.29, 1.82) is 0 Å². The third kappa shape index (κ3) is 20.4. The maximum atomic E-state index is 10.2. The summed E-state index contributed by atoms with van der Waals surface area (Å²) >= 11 is 0. The Labute approximate surface area is 202 Å². The minimum Gasteiger partial charge on any atom is -0.545 e. The molecule has 2 heterocycles. The van der Waals surface area contributed by atoms with Gasteiger partial charge in [-0.1, -0.05) is 39.0 Å². The van der Waals surface area contributed by atoms with E-state index in [-0.39, 0.29) is 17.1 Å². The van der Waals surface area contributed by atoms with Crippen molar-refractivity contribution in [1.82, 2.24) is 19.9 Å². The van der Waals surface area contributed by atoms with Crippen LogP contribution in [0.2, 0.25) is 0 Å². The summed E-state index contributed by atoms with van der Waals surface area (Å²) in [6.45, 7) is 2.13. The first-order valence-corrected chi connectivity index (χ1v) is 9.92. The number of nitrogens with one attached hydrogen (secondary N) is 2. The van der Waals surface area contributed by atoms with Gasteiger partial charge in [0.15, 0.2) is 6.10 Å². The number of hydrogen-bond donors (Lipinski definition) is 4. The van der Waals surface area contributed by atoms with E-state index in [9.17, 15) is 24.6 Å². The van der Waals surface area contributed by atoms with Crippen molar-refractivity contribution in [2.75, 3.05) is 0 Å². The number of nitrogens with zero attached hydrogens (tertiary/aromatic N) is 2. The minimum atomic E-state index is -1.22. The van der Waals surface area contributed by atoms with E-state index in [2.05, 4.69) is 26.9 Å². The molecule has 180 valence electrons. The molecule has 1 atom stereocenters. The zero-order valence-corrected chi connectivity index (χ0v) is 19.9. The van der Waals surface area contributed by atoms with Crippen LogP contribution in [-0.2, 0) is 14.4 Å². The summed E-state index contributed by atoms with van der Waals surface area (Å²) in [6.07, 6.45) is 15.2. The normalized spacial score (nSPS) is 11.0. The van der Waals surface area contributed by atoms with Crippen LogP contribution in [0.25, 0.3) is 12.2 Å². The van der Waals surface area contributed by atoms with E-state index < -0.39 is 24.0 Å². The number of H-pyrrole nitrogens is 2. The Hall–Kier alpha value is -3.21. The Balaban J connectivity index is 0. The fourth-order valence-corrected chi connectivity index (χ4v) is 2.10. The maximum Gasteiger partial charge on any atom is 2.00 e. The van der Waals surface area contributed by atoms with Gasteiger partial charge in [0.2, 0.25) is 0 Å². The van der Waals surface area contributed by atoms with Crippen LogP contribution in [0.4, 0.5) is 0 Å². The number of hydrogen-bond acceptors (Lipinski definition) is 8. The number of unbranched alkanes of at least 4 members (excludes halogenated alkanes) is 4. The van der Waals surface area contributed by atoms with Gasteiger partial charge in [0.05, 0.1) is 36.0 Å². The van der Waals surface area contributed by atoms with Gasteiger partial charge < -0.3 is 40.0 Å². The van der Waals surface area contributed by atoms with E-state index in [1.54, 1.807) is 12.4 Å². The molecule has 0 aliphatic carbocycles. The Morgan fingerprint density at radius 2 is 1.39 bits per heavy atom. The second kappa shape index (κ2) is 20.7. The molecule has 0 saturated heterocycles. The third-order valence-electron chi connectivity index (χ3n) is 3.69. The molecule has 2 aromatic rings. The van der Waals surface area contributed by atoms with Crippen LogP contribution in [0.5, 0.6) is 0 Å². The molecule has 0 bridgehead atoms. The number of carbonyl (C=O) groups is 3. The van der Waals surface area contributed by atoms with Gasteiger partial charge in [-0.05, 0) is 30.7 Å². The zero-order valence-electron chi connectivity index (χ0n) is 18.2. The van der Waals surface area contributed by atoms with Crippen molar-refractivity contribution >= 4 is 47.1 Å². The number of aliphatic hydroxyl groups excluding tert-OH is 1. The number of carboxylic acids is 3. The standard InChI is InChI=1S/C9H18O3.2C6H6N2O2.Se/c1-2-3-4-5-6-7-8(10)9(11)12;2*9-6(10)2-1-5-3-7-4-8-5;/h8,10H,2-7H2,1H3,(H,11,12);2*1-4H,(H,7,8)(H,9,10);/q;;;+2/p-2. The predicted molar refractivity (Wildman–Crippen MR) is 118 cm³/mol. The fourth-order valence-electron chi connectivity index (χ4n) is 2.10. The summed E-state index contributed by atoms with van der Waals surface area (Å²) in [7, 11) is 0. The number of aromatic nitrogens is 4. The number of rotatable bonds is 11. The molecule has 0 amide bonds. The summed E-state index contributed by atoms with van der Waals surface area (Å²) in [4.78, 5) is 42.8. The van der Waals surface area contributed by atoms with Gasteiger partial charge in [-0.3, -0.25) is 0 Å². The quantitative estimate of drug-likeness (QED) is 0.173. The number of carboxylic acid groups (broad SMARTS) is 3. The van der Waals surface area contributed by atoms with Gasteiger partial charge in [-0.25, -0.2) is 14.8 Å². The molecule has 1 unspecified atom stereocenters. The van der Waals surface area contributed by atoms with E-state index >= 15 is 0 Å². The molecule has 11 nitrogen and oxygen atoms in total. The molecule has 0 saturated carbocycles. The zero-order chi connectivity index (χ0) is 24.2. The van der Waals surface area contributed by atoms with Gasteiger partial charge in [-0.15, -0.1) is 0 Å². The topological polar surface area (TPSA) is 195 Å². The number of carbonyl (C=O) groups excluding carboxylic acids is 2. The van der Waals surface area contributed by atoms with Gasteiger partial charge in [0.1, 0.15) is 0 Å². The first-order chi connectivity index (χ1) is 15.3. The fraction of sp³-hybridized carbons (Fsp3) is 0.381. The van der Waals surface area contributed by atoms with Crippen molar-refractivity contribution in [3.63, 3.8) is 0 Å². The van der Waals surface area contributed by atoms with Crippen LogP contribution in [0, 0.1) is 0 Å². The largest absolute Gasteiger partial charge is 2.00 e. The molecular formula is C21H28N4O7Se. The van der Waals surface area contributed by atoms with Crippen LogP contribution in [0.1, 0.15) is 56.8 Å². The van der Waals surface area contributed by atoms with Gasteiger partial charge in [0, 0.05) is 12.4 Å². The number of aromatic amines is 2. The smallest absolute Gasteiger partial charge is 0.545 e. The van der Waals surface area contributed by atoms with E-state index in [0.29, 0.717) is 17.8 Å². The monoisotopic (exact) mass is 528 g/mol. The summed E-state index contributed by atoms with van der Waals surface area (Å²) in [5.41, 5.74) is 1.15. The molecule has 2 rings (SSSR count). The molecule has 4 N–H and O–H groups in total. The molecule has 0 aromatic carbocycles. The van der Waals surface area contributed by atoms with E-state index in [1.165, 1.54) is 37.6 Å². The molecule has 0 spiro atoms. The predicted octanol–water partition coefficient (Wildman–Crippen LogP) is -0.243. The molecular weight excluding hydrogens is 499 g/mol. The number of aliphatic carboxylic acids is 3. The average molecular weight is 527 g/mol. The van der Waals surface area contributed by atoms with Crippen LogP contribution in [-0.4, -0.2) is 71.2 Å². The van der Waals surface area contributed by atoms with Crippen molar-refractivity contribution in [3.8, 4) is 0 Å². The minimum absolute atomic E-state index is 0. The maximum absolute atomic E-state index is 10.2. The second-order valence-corrected chi connectivity index (χ2v) is 6.35. The van der Waals surface area contributed by atoms with Crippen molar-refractivity contribution in [2.45, 2.75) is 51.6 Å². The molecule has 4 radical (unpaired) electrons. The summed E-state index contributed by atoms with van der Waals surface area (Å²) in [5, 5.41) is 36.9. The van der Waals surface area contributed by atoms with Gasteiger partial charge in [0.25, 0.3) is 0 Å². The molecule has 0 aliphatic rings. The summed E-state index contributed by atoms with van der Waals surface area (Å²) in [5.74, 6) is -3.54. The first kappa shape index (κ1) is 32.0. The summed E-state index contributed by atoms with van der Waals surface area (Å²) < 4.78 is 0. The van der Waals surface area contributed by atoms with Crippen molar-refractivity contribution in [2.24, 2.45) is 0 Å². The van der Waals surface area contributed by atoms with Crippen molar-refractivity contribution < 1.29 is 34.8 Å². The molecule has 2 aromatic heterocycles. The Morgan fingerprint density at radius 3 is 1.73 bits per heavy atom. The molecule has 12 heteroatoms.